The number of likely N-dealkylation sites (N-methyl/N-ethyl adjacent to an activating group) is 1. The first-order valence-electron chi connectivity index (χ1n) is 7.17. The van der Waals surface area contributed by atoms with Gasteiger partial charge < -0.3 is 10.1 Å². The number of hydrogen-bond donors (Lipinski definition) is 1. The van der Waals surface area contributed by atoms with Crippen LogP contribution in [-0.4, -0.2) is 19.3 Å². The van der Waals surface area contributed by atoms with Crippen LogP contribution in [0.3, 0.4) is 0 Å². The predicted molar refractivity (Wildman–Crippen MR) is 83.1 cm³/mol. The fourth-order valence-corrected chi connectivity index (χ4v) is 4.48. The molecule has 0 amide bonds. The topological polar surface area (TPSA) is 21.3 Å². The molecule has 1 aromatic rings. The standard InChI is InChI=1S/C15H24ClNOS/c1-4-18-15(9-7-11(2)8-10-15)14(17-3)12-5-6-13(16)19-12/h5-6,11,14,17H,4,7-10H2,1-3H3. The molecule has 0 bridgehead atoms. The van der Waals surface area contributed by atoms with Crippen molar-refractivity contribution in [3.63, 3.8) is 0 Å². The summed E-state index contributed by atoms with van der Waals surface area (Å²) in [7, 11) is 2.02. The summed E-state index contributed by atoms with van der Waals surface area (Å²) in [4.78, 5) is 1.29. The Morgan fingerprint density at radius 2 is 2.16 bits per heavy atom. The molecule has 1 atom stereocenters. The SMILES string of the molecule is CCOC1(C(NC)c2ccc(Cl)s2)CCC(C)CC1. The summed E-state index contributed by atoms with van der Waals surface area (Å²) < 4.78 is 7.09. The zero-order valence-electron chi connectivity index (χ0n) is 12.0. The van der Waals surface area contributed by atoms with Crippen molar-refractivity contribution >= 4 is 22.9 Å². The molecule has 19 heavy (non-hydrogen) atoms. The van der Waals surface area contributed by atoms with Gasteiger partial charge in [0.2, 0.25) is 0 Å². The van der Waals surface area contributed by atoms with E-state index in [9.17, 15) is 0 Å². The van der Waals surface area contributed by atoms with Gasteiger partial charge in [-0.1, -0.05) is 18.5 Å². The van der Waals surface area contributed by atoms with Gasteiger partial charge in [-0.2, -0.15) is 0 Å². The van der Waals surface area contributed by atoms with Crippen LogP contribution >= 0.6 is 22.9 Å². The Morgan fingerprint density at radius 3 is 2.63 bits per heavy atom. The summed E-state index contributed by atoms with van der Waals surface area (Å²) in [6, 6.07) is 4.36. The van der Waals surface area contributed by atoms with Gasteiger partial charge in [-0.05, 0) is 57.7 Å². The van der Waals surface area contributed by atoms with Gasteiger partial charge >= 0.3 is 0 Å². The van der Waals surface area contributed by atoms with E-state index in [1.165, 1.54) is 17.7 Å². The summed E-state index contributed by atoms with van der Waals surface area (Å²) in [6.45, 7) is 5.20. The summed E-state index contributed by atoms with van der Waals surface area (Å²) in [5, 5.41) is 3.47. The summed E-state index contributed by atoms with van der Waals surface area (Å²) in [6.07, 6.45) is 4.75. The van der Waals surface area contributed by atoms with E-state index in [0.29, 0.717) is 0 Å². The highest BCUT2D eigenvalue weighted by Crippen LogP contribution is 2.45. The molecule has 108 valence electrons. The van der Waals surface area contributed by atoms with Crippen molar-refractivity contribution in [2.45, 2.75) is 51.2 Å². The lowest BCUT2D eigenvalue weighted by Crippen LogP contribution is -2.47. The van der Waals surface area contributed by atoms with Gasteiger partial charge in [0.15, 0.2) is 0 Å². The lowest BCUT2D eigenvalue weighted by Gasteiger charge is -2.44. The smallest absolute Gasteiger partial charge is 0.0931 e. The third-order valence-corrected chi connectivity index (χ3v) is 5.54. The Morgan fingerprint density at radius 1 is 1.47 bits per heavy atom. The van der Waals surface area contributed by atoms with E-state index in [1.54, 1.807) is 11.3 Å². The van der Waals surface area contributed by atoms with E-state index in [2.05, 4.69) is 25.2 Å². The molecule has 0 spiro atoms. The predicted octanol–water partition coefficient (Wildman–Crippen LogP) is 4.65. The minimum atomic E-state index is -0.0653. The highest BCUT2D eigenvalue weighted by Gasteiger charge is 2.42. The molecule has 2 nitrogen and oxygen atoms in total. The van der Waals surface area contributed by atoms with Gasteiger partial charge in [-0.25, -0.2) is 0 Å². The second kappa shape index (κ2) is 6.57. The molecule has 1 unspecified atom stereocenters. The molecule has 1 heterocycles. The molecular weight excluding hydrogens is 278 g/mol. The monoisotopic (exact) mass is 301 g/mol. The van der Waals surface area contributed by atoms with E-state index < -0.39 is 0 Å². The Balaban J connectivity index is 2.25. The maximum atomic E-state index is 6.24. The zero-order valence-corrected chi connectivity index (χ0v) is 13.6. The third kappa shape index (κ3) is 3.33. The van der Waals surface area contributed by atoms with Crippen LogP contribution in [0, 0.1) is 5.92 Å². The maximum Gasteiger partial charge on any atom is 0.0931 e. The molecule has 1 aliphatic rings. The fraction of sp³-hybridized carbons (Fsp3) is 0.733. The van der Waals surface area contributed by atoms with Crippen molar-refractivity contribution in [3.05, 3.63) is 21.3 Å². The molecule has 4 heteroatoms. The first-order chi connectivity index (χ1) is 9.11. The number of halogens is 1. The van der Waals surface area contributed by atoms with Crippen LogP contribution < -0.4 is 5.32 Å². The molecule has 0 saturated heterocycles. The number of hydrogen-bond acceptors (Lipinski definition) is 3. The maximum absolute atomic E-state index is 6.24. The fourth-order valence-electron chi connectivity index (χ4n) is 3.20. The minimum Gasteiger partial charge on any atom is -0.373 e. The first-order valence-corrected chi connectivity index (χ1v) is 8.37. The van der Waals surface area contributed by atoms with Crippen LogP contribution in [0.2, 0.25) is 4.34 Å². The van der Waals surface area contributed by atoms with Crippen LogP contribution in [0.5, 0.6) is 0 Å². The molecule has 1 saturated carbocycles. The molecule has 0 aliphatic heterocycles. The number of nitrogens with one attached hydrogen (secondary N) is 1. The molecule has 1 N–H and O–H groups in total. The van der Waals surface area contributed by atoms with Crippen molar-refractivity contribution in [2.24, 2.45) is 5.92 Å². The minimum absolute atomic E-state index is 0.0653. The molecule has 1 aliphatic carbocycles. The second-order valence-corrected chi connectivity index (χ2v) is 7.29. The Kier molecular flexibility index (Phi) is 5.29. The molecule has 0 aromatic carbocycles. The van der Waals surface area contributed by atoms with Crippen molar-refractivity contribution in [3.8, 4) is 0 Å². The average molecular weight is 302 g/mol. The van der Waals surface area contributed by atoms with Crippen molar-refractivity contribution in [1.82, 2.24) is 5.32 Å². The first kappa shape index (κ1) is 15.3. The molecule has 0 radical (unpaired) electrons. The Hall–Kier alpha value is -0.0900. The van der Waals surface area contributed by atoms with Crippen LogP contribution in [0.15, 0.2) is 12.1 Å². The van der Waals surface area contributed by atoms with E-state index in [1.807, 2.05) is 13.1 Å². The molecule has 1 fully saturated rings. The highest BCUT2D eigenvalue weighted by atomic mass is 35.5. The molecular formula is C15H24ClNOS. The summed E-state index contributed by atoms with van der Waals surface area (Å²) >= 11 is 7.76. The van der Waals surface area contributed by atoms with Crippen molar-refractivity contribution in [1.29, 1.82) is 0 Å². The van der Waals surface area contributed by atoms with Crippen LogP contribution in [0.1, 0.15) is 50.4 Å². The summed E-state index contributed by atoms with van der Waals surface area (Å²) in [5.41, 5.74) is -0.0653. The van der Waals surface area contributed by atoms with Crippen molar-refractivity contribution in [2.75, 3.05) is 13.7 Å². The van der Waals surface area contributed by atoms with E-state index in [4.69, 9.17) is 16.3 Å². The van der Waals surface area contributed by atoms with E-state index in [-0.39, 0.29) is 11.6 Å². The van der Waals surface area contributed by atoms with Crippen LogP contribution in [0.4, 0.5) is 0 Å². The second-order valence-electron chi connectivity index (χ2n) is 5.54. The van der Waals surface area contributed by atoms with Gasteiger partial charge in [0, 0.05) is 11.5 Å². The molecule has 2 rings (SSSR count). The number of rotatable bonds is 5. The molecule has 1 aromatic heterocycles. The highest BCUT2D eigenvalue weighted by molar-refractivity contribution is 7.16. The van der Waals surface area contributed by atoms with E-state index in [0.717, 1.165) is 29.7 Å². The number of thiophene rings is 1. The quantitative estimate of drug-likeness (QED) is 0.855. The number of ether oxygens (including phenoxy) is 1. The van der Waals surface area contributed by atoms with Gasteiger partial charge in [-0.3, -0.25) is 0 Å². The van der Waals surface area contributed by atoms with Gasteiger partial charge in [-0.15, -0.1) is 11.3 Å². The Bertz CT molecular complexity index is 399. The largest absolute Gasteiger partial charge is 0.373 e. The van der Waals surface area contributed by atoms with Crippen molar-refractivity contribution < 1.29 is 4.74 Å². The van der Waals surface area contributed by atoms with Crippen LogP contribution in [-0.2, 0) is 4.74 Å². The van der Waals surface area contributed by atoms with Crippen LogP contribution in [0.25, 0.3) is 0 Å². The van der Waals surface area contributed by atoms with Gasteiger partial charge in [0.25, 0.3) is 0 Å². The Labute approximate surface area is 125 Å². The van der Waals surface area contributed by atoms with Gasteiger partial charge in [0.1, 0.15) is 0 Å². The van der Waals surface area contributed by atoms with E-state index >= 15 is 0 Å². The third-order valence-electron chi connectivity index (χ3n) is 4.25. The normalized spacial score (nSPS) is 29.4. The lowest BCUT2D eigenvalue weighted by atomic mass is 9.75. The lowest BCUT2D eigenvalue weighted by molar-refractivity contribution is -0.0955. The zero-order chi connectivity index (χ0) is 13.9. The summed E-state index contributed by atoms with van der Waals surface area (Å²) in [5.74, 6) is 0.818. The van der Waals surface area contributed by atoms with Gasteiger partial charge in [0.05, 0.1) is 16.0 Å². The average Bonchev–Trinajstić information content (AvgIpc) is 2.81.